The summed E-state index contributed by atoms with van der Waals surface area (Å²) < 4.78 is 5.97. The predicted molar refractivity (Wildman–Crippen MR) is 141 cm³/mol. The Balaban J connectivity index is 1.27. The Morgan fingerprint density at radius 1 is 1.03 bits per heavy atom. The highest BCUT2D eigenvalue weighted by Crippen LogP contribution is 2.54. The van der Waals surface area contributed by atoms with E-state index >= 15 is 0 Å². The quantitative estimate of drug-likeness (QED) is 0.458. The molecule has 0 unspecified atom stereocenters. The van der Waals surface area contributed by atoms with E-state index < -0.39 is 0 Å². The predicted octanol–water partition coefficient (Wildman–Crippen LogP) is 5.93. The second-order valence-corrected chi connectivity index (χ2v) is 11.6. The second-order valence-electron chi connectivity index (χ2n) is 11.6. The van der Waals surface area contributed by atoms with Gasteiger partial charge in [0.15, 0.2) is 0 Å². The third-order valence-corrected chi connectivity index (χ3v) is 9.16. The summed E-state index contributed by atoms with van der Waals surface area (Å²) in [7, 11) is 2.32. The molecule has 1 N–H and O–H groups in total. The van der Waals surface area contributed by atoms with E-state index in [0.29, 0.717) is 18.4 Å². The molecule has 4 heteroatoms. The maximum Gasteiger partial charge on any atom is 0.251 e. The molecule has 2 bridgehead atoms. The van der Waals surface area contributed by atoms with Crippen LogP contribution in [0.3, 0.4) is 0 Å². The van der Waals surface area contributed by atoms with Crippen molar-refractivity contribution in [3.05, 3.63) is 71.8 Å². The molecular formula is C31H42N2O2. The summed E-state index contributed by atoms with van der Waals surface area (Å²) in [6, 6.07) is 20.9. The fraction of sp³-hybridized carbons (Fsp3) is 0.581. The van der Waals surface area contributed by atoms with Gasteiger partial charge in [0.25, 0.3) is 5.91 Å². The summed E-state index contributed by atoms with van der Waals surface area (Å²) in [4.78, 5) is 16.1. The number of carbonyl (C=O) groups is 1. The van der Waals surface area contributed by atoms with Crippen molar-refractivity contribution in [1.29, 1.82) is 0 Å². The first-order chi connectivity index (χ1) is 17.0. The largest absolute Gasteiger partial charge is 0.377 e. The first-order valence-electron chi connectivity index (χ1n) is 13.7. The van der Waals surface area contributed by atoms with Crippen molar-refractivity contribution in [2.45, 2.75) is 70.1 Å². The number of nitrogens with one attached hydrogen (secondary N) is 1. The van der Waals surface area contributed by atoms with Crippen molar-refractivity contribution >= 4 is 5.91 Å². The van der Waals surface area contributed by atoms with Crippen molar-refractivity contribution in [2.24, 2.45) is 23.7 Å². The number of hydrogen-bond acceptors (Lipinski definition) is 3. The average Bonchev–Trinajstić information content (AvgIpc) is 2.87. The number of unbranched alkanes of at least 4 members (excludes halogenated alkanes) is 1. The molecule has 188 valence electrons. The van der Waals surface area contributed by atoms with Crippen molar-refractivity contribution in [2.75, 3.05) is 20.2 Å². The molecule has 2 saturated carbocycles. The van der Waals surface area contributed by atoms with Gasteiger partial charge < -0.3 is 15.0 Å². The monoisotopic (exact) mass is 474 g/mol. The molecule has 3 fully saturated rings. The lowest BCUT2D eigenvalue weighted by Gasteiger charge is -2.61. The molecule has 0 aromatic heterocycles. The molecule has 2 aromatic carbocycles. The van der Waals surface area contributed by atoms with Gasteiger partial charge in [-0.3, -0.25) is 4.79 Å². The van der Waals surface area contributed by atoms with Crippen LogP contribution in [0.1, 0.15) is 67.8 Å². The fourth-order valence-corrected chi connectivity index (χ4v) is 7.52. The number of hydrogen-bond donors (Lipinski definition) is 1. The smallest absolute Gasteiger partial charge is 0.251 e. The van der Waals surface area contributed by atoms with Crippen LogP contribution in [0.15, 0.2) is 60.7 Å². The average molecular weight is 475 g/mol. The molecule has 5 rings (SSSR count). The zero-order valence-electron chi connectivity index (χ0n) is 21.5. The number of likely N-dealkylation sites (tertiary alicyclic amines) is 1. The summed E-state index contributed by atoms with van der Waals surface area (Å²) >= 11 is 0. The third-order valence-electron chi connectivity index (χ3n) is 9.16. The molecule has 2 aliphatic carbocycles. The summed E-state index contributed by atoms with van der Waals surface area (Å²) in [6.07, 6.45) is 8.22. The first kappa shape index (κ1) is 24.5. The topological polar surface area (TPSA) is 41.6 Å². The van der Waals surface area contributed by atoms with Crippen LogP contribution in [-0.4, -0.2) is 42.6 Å². The van der Waals surface area contributed by atoms with Gasteiger partial charge in [0.2, 0.25) is 0 Å². The van der Waals surface area contributed by atoms with Gasteiger partial charge in [-0.25, -0.2) is 0 Å². The van der Waals surface area contributed by atoms with Crippen LogP contribution in [0.4, 0.5) is 0 Å². The number of carbonyl (C=O) groups excluding carboxylic acids is 1. The Hall–Kier alpha value is -2.17. The van der Waals surface area contributed by atoms with E-state index in [0.717, 1.165) is 62.3 Å². The second kappa shape index (κ2) is 10.8. The van der Waals surface area contributed by atoms with Crippen LogP contribution in [-0.2, 0) is 11.3 Å². The van der Waals surface area contributed by atoms with Crippen LogP contribution in [0, 0.1) is 23.7 Å². The molecule has 6 atom stereocenters. The van der Waals surface area contributed by atoms with E-state index in [-0.39, 0.29) is 11.4 Å². The molecule has 1 saturated heterocycles. The van der Waals surface area contributed by atoms with Crippen molar-refractivity contribution in [3.63, 3.8) is 0 Å². The lowest BCUT2D eigenvalue weighted by molar-refractivity contribution is -0.0828. The number of ether oxygens (including phenoxy) is 1. The number of piperidine rings is 1. The summed E-state index contributed by atoms with van der Waals surface area (Å²) in [5.74, 6) is 2.90. The Labute approximate surface area is 211 Å². The Kier molecular flexibility index (Phi) is 7.59. The van der Waals surface area contributed by atoms with Crippen LogP contribution in [0.2, 0.25) is 0 Å². The van der Waals surface area contributed by atoms with E-state index in [9.17, 15) is 4.79 Å². The molecule has 3 aliphatic rings. The van der Waals surface area contributed by atoms with Gasteiger partial charge >= 0.3 is 0 Å². The van der Waals surface area contributed by atoms with Crippen LogP contribution in [0.25, 0.3) is 0 Å². The minimum Gasteiger partial charge on any atom is -0.377 e. The maximum atomic E-state index is 13.4. The first-order valence-corrected chi connectivity index (χ1v) is 13.7. The minimum atomic E-state index is -0.121. The lowest BCUT2D eigenvalue weighted by atomic mass is 9.54. The van der Waals surface area contributed by atoms with Gasteiger partial charge in [-0.15, -0.1) is 0 Å². The van der Waals surface area contributed by atoms with Gasteiger partial charge in [-0.05, 0) is 93.4 Å². The normalized spacial score (nSPS) is 32.2. The number of nitrogens with zero attached hydrogens (tertiary/aromatic N) is 1. The van der Waals surface area contributed by atoms with Crippen molar-refractivity contribution in [3.8, 4) is 0 Å². The van der Waals surface area contributed by atoms with Gasteiger partial charge in [0.05, 0.1) is 6.61 Å². The SMILES string of the molecule is C[C@@H]1C[C@H]2C[C@@](CCCCOCc3ccccc3)(NC(=O)c3ccccc3)[C@@H]3C[C@H]2[C@H](C1)N(C)C3. The van der Waals surface area contributed by atoms with E-state index in [1.54, 1.807) is 0 Å². The molecule has 4 nitrogen and oxygen atoms in total. The minimum absolute atomic E-state index is 0.0954. The Morgan fingerprint density at radius 3 is 2.54 bits per heavy atom. The summed E-state index contributed by atoms with van der Waals surface area (Å²) in [5.41, 5.74) is 1.88. The van der Waals surface area contributed by atoms with Crippen LogP contribution in [0.5, 0.6) is 0 Å². The Morgan fingerprint density at radius 2 is 1.77 bits per heavy atom. The van der Waals surface area contributed by atoms with Crippen molar-refractivity contribution in [1.82, 2.24) is 10.2 Å². The number of benzene rings is 2. The standard InChI is InChI=1S/C31H42N2O2/c1-23-17-26-20-31(32-30(34)25-13-7-4-8-14-25,27-19-28(26)29(18-23)33(2)21-27)15-9-10-16-35-22-24-11-5-3-6-12-24/h3-8,11-14,23,26-29H,9-10,15-22H2,1-2H3,(H,32,34)/t23-,26+,27-,28-,29+,31-/m1/s1. The molecule has 1 aliphatic heterocycles. The summed E-state index contributed by atoms with van der Waals surface area (Å²) in [6.45, 7) is 4.97. The van der Waals surface area contributed by atoms with Gasteiger partial charge in [-0.1, -0.05) is 55.5 Å². The lowest BCUT2D eigenvalue weighted by Crippen LogP contribution is -2.67. The maximum absolute atomic E-state index is 13.4. The highest BCUT2D eigenvalue weighted by atomic mass is 16.5. The fourth-order valence-electron chi connectivity index (χ4n) is 7.52. The molecule has 1 heterocycles. The number of amides is 1. The van der Waals surface area contributed by atoms with Gasteiger partial charge in [0, 0.05) is 30.3 Å². The Bertz CT molecular complexity index is 964. The van der Waals surface area contributed by atoms with Gasteiger partial charge in [0.1, 0.15) is 0 Å². The summed E-state index contributed by atoms with van der Waals surface area (Å²) in [5, 5.41) is 3.65. The van der Waals surface area contributed by atoms with Gasteiger partial charge in [-0.2, -0.15) is 0 Å². The molecule has 2 aromatic rings. The molecular weight excluding hydrogens is 432 g/mol. The van der Waals surface area contributed by atoms with E-state index in [1.807, 2.05) is 36.4 Å². The number of rotatable bonds is 9. The molecule has 0 spiro atoms. The van der Waals surface area contributed by atoms with E-state index in [2.05, 4.69) is 48.5 Å². The zero-order chi connectivity index (χ0) is 24.3. The zero-order valence-corrected chi connectivity index (χ0v) is 21.5. The highest BCUT2D eigenvalue weighted by molar-refractivity contribution is 5.94. The third kappa shape index (κ3) is 5.49. The molecule has 1 amide bonds. The van der Waals surface area contributed by atoms with Crippen LogP contribution < -0.4 is 5.32 Å². The van der Waals surface area contributed by atoms with Crippen LogP contribution >= 0.6 is 0 Å². The molecule has 35 heavy (non-hydrogen) atoms. The van der Waals surface area contributed by atoms with E-state index in [1.165, 1.54) is 24.8 Å². The molecule has 0 radical (unpaired) electrons. The number of fused-ring (bicyclic) bond motifs is 1. The highest BCUT2D eigenvalue weighted by Gasteiger charge is 2.55. The van der Waals surface area contributed by atoms with Crippen molar-refractivity contribution < 1.29 is 9.53 Å². The van der Waals surface area contributed by atoms with E-state index in [4.69, 9.17) is 4.74 Å².